The molecule has 2 rings (SSSR count). The van der Waals surface area contributed by atoms with E-state index >= 15 is 0 Å². The summed E-state index contributed by atoms with van der Waals surface area (Å²) in [6.45, 7) is 2.55. The normalized spacial score (nSPS) is 10.8. The molecule has 0 fully saturated rings. The molecule has 0 aliphatic heterocycles. The Hall–Kier alpha value is -1.33. The van der Waals surface area contributed by atoms with Gasteiger partial charge in [0.15, 0.2) is 5.16 Å². The molecule has 0 saturated heterocycles. The van der Waals surface area contributed by atoms with Crippen LogP contribution < -0.4 is 5.73 Å². The van der Waals surface area contributed by atoms with Crippen LogP contribution in [0.1, 0.15) is 17.0 Å². The number of aryl methyl sites for hydroxylation is 1. The first-order chi connectivity index (χ1) is 8.22. The molecular formula is C12H16N4S. The molecule has 0 unspecified atom stereocenters. The van der Waals surface area contributed by atoms with E-state index in [4.69, 9.17) is 5.73 Å². The Morgan fingerprint density at radius 2 is 2.06 bits per heavy atom. The minimum Gasteiger partial charge on any atom is -0.324 e. The number of hydrogen-bond donors (Lipinski definition) is 1. The average Bonchev–Trinajstić information content (AvgIpc) is 2.69. The Bertz CT molecular complexity index is 507. The second-order valence-electron chi connectivity index (χ2n) is 3.88. The van der Waals surface area contributed by atoms with Crippen molar-refractivity contribution >= 4 is 11.8 Å². The molecule has 0 saturated carbocycles. The number of nitrogens with two attached hydrogens (primary N) is 1. The van der Waals surface area contributed by atoms with Crippen molar-refractivity contribution in [3.05, 3.63) is 41.2 Å². The summed E-state index contributed by atoms with van der Waals surface area (Å²) in [7, 11) is 1.95. The van der Waals surface area contributed by atoms with Crippen LogP contribution in [-0.2, 0) is 19.3 Å². The first kappa shape index (κ1) is 12.1. The van der Waals surface area contributed by atoms with E-state index in [1.165, 1.54) is 11.1 Å². The van der Waals surface area contributed by atoms with Gasteiger partial charge >= 0.3 is 0 Å². The zero-order chi connectivity index (χ0) is 12.3. The highest BCUT2D eigenvalue weighted by Crippen LogP contribution is 2.22. The Balaban J connectivity index is 2.07. The lowest BCUT2D eigenvalue weighted by molar-refractivity contribution is 0.734. The van der Waals surface area contributed by atoms with Gasteiger partial charge in [-0.25, -0.2) is 0 Å². The highest BCUT2D eigenvalue weighted by atomic mass is 32.2. The SMILES string of the molecule is Cc1ccccc1CSc1nnc(CN)n1C. The van der Waals surface area contributed by atoms with Gasteiger partial charge in [-0.15, -0.1) is 10.2 Å². The van der Waals surface area contributed by atoms with Gasteiger partial charge in [-0.3, -0.25) is 0 Å². The van der Waals surface area contributed by atoms with Crippen molar-refractivity contribution in [1.82, 2.24) is 14.8 Å². The highest BCUT2D eigenvalue weighted by molar-refractivity contribution is 7.98. The summed E-state index contributed by atoms with van der Waals surface area (Å²) in [4.78, 5) is 0. The van der Waals surface area contributed by atoms with Gasteiger partial charge in [0.25, 0.3) is 0 Å². The lowest BCUT2D eigenvalue weighted by Gasteiger charge is -2.05. The van der Waals surface area contributed by atoms with Gasteiger partial charge in [-0.1, -0.05) is 36.0 Å². The van der Waals surface area contributed by atoms with E-state index in [9.17, 15) is 0 Å². The van der Waals surface area contributed by atoms with Gasteiger partial charge < -0.3 is 10.3 Å². The van der Waals surface area contributed by atoms with Crippen molar-refractivity contribution < 1.29 is 0 Å². The summed E-state index contributed by atoms with van der Waals surface area (Å²) in [5, 5.41) is 9.07. The third-order valence-corrected chi connectivity index (χ3v) is 3.79. The predicted molar refractivity (Wildman–Crippen MR) is 69.6 cm³/mol. The number of rotatable bonds is 4. The Morgan fingerprint density at radius 1 is 1.29 bits per heavy atom. The molecule has 17 heavy (non-hydrogen) atoms. The molecule has 2 aromatic rings. The van der Waals surface area contributed by atoms with E-state index in [1.807, 2.05) is 11.6 Å². The van der Waals surface area contributed by atoms with Crippen LogP contribution in [0.5, 0.6) is 0 Å². The van der Waals surface area contributed by atoms with Crippen LogP contribution in [-0.4, -0.2) is 14.8 Å². The Morgan fingerprint density at radius 3 is 2.71 bits per heavy atom. The van der Waals surface area contributed by atoms with Gasteiger partial charge in [0.05, 0.1) is 6.54 Å². The monoisotopic (exact) mass is 248 g/mol. The summed E-state index contributed by atoms with van der Waals surface area (Å²) in [5.41, 5.74) is 8.20. The van der Waals surface area contributed by atoms with Crippen LogP contribution in [0.3, 0.4) is 0 Å². The molecule has 2 N–H and O–H groups in total. The van der Waals surface area contributed by atoms with Crippen LogP contribution in [0, 0.1) is 6.92 Å². The molecule has 4 nitrogen and oxygen atoms in total. The lowest BCUT2D eigenvalue weighted by atomic mass is 10.1. The van der Waals surface area contributed by atoms with E-state index in [-0.39, 0.29) is 0 Å². The first-order valence-corrected chi connectivity index (χ1v) is 6.46. The largest absolute Gasteiger partial charge is 0.324 e. The second-order valence-corrected chi connectivity index (χ2v) is 4.82. The maximum absolute atomic E-state index is 5.56. The molecule has 90 valence electrons. The zero-order valence-corrected chi connectivity index (χ0v) is 10.9. The van der Waals surface area contributed by atoms with Crippen molar-refractivity contribution in [2.75, 3.05) is 0 Å². The van der Waals surface area contributed by atoms with E-state index < -0.39 is 0 Å². The molecule has 0 bridgehead atoms. The lowest BCUT2D eigenvalue weighted by Crippen LogP contribution is -2.05. The molecule has 0 aliphatic rings. The topological polar surface area (TPSA) is 56.7 Å². The average molecular weight is 248 g/mol. The third-order valence-electron chi connectivity index (χ3n) is 2.73. The Labute approximate surface area is 105 Å². The maximum Gasteiger partial charge on any atom is 0.191 e. The number of thioether (sulfide) groups is 1. The van der Waals surface area contributed by atoms with Gasteiger partial charge in [0, 0.05) is 12.8 Å². The number of nitrogens with zero attached hydrogens (tertiary/aromatic N) is 3. The minimum absolute atomic E-state index is 0.425. The third kappa shape index (κ3) is 2.68. The second kappa shape index (κ2) is 5.33. The molecule has 0 radical (unpaired) electrons. The molecule has 0 spiro atoms. The molecule has 5 heteroatoms. The smallest absolute Gasteiger partial charge is 0.191 e. The van der Waals surface area contributed by atoms with E-state index in [0.717, 1.165) is 16.7 Å². The van der Waals surface area contributed by atoms with Crippen molar-refractivity contribution in [1.29, 1.82) is 0 Å². The molecule has 1 aromatic heterocycles. The van der Waals surface area contributed by atoms with Crippen molar-refractivity contribution in [2.24, 2.45) is 12.8 Å². The summed E-state index contributed by atoms with van der Waals surface area (Å²) in [5.74, 6) is 1.72. The maximum atomic E-state index is 5.56. The predicted octanol–water partition coefficient (Wildman–Crippen LogP) is 1.87. The van der Waals surface area contributed by atoms with Crippen LogP contribution in [0.25, 0.3) is 0 Å². The summed E-state index contributed by atoms with van der Waals surface area (Å²) in [6.07, 6.45) is 0. The minimum atomic E-state index is 0.425. The molecule has 0 aliphatic carbocycles. The van der Waals surface area contributed by atoms with Gasteiger partial charge in [0.1, 0.15) is 5.82 Å². The van der Waals surface area contributed by atoms with Crippen molar-refractivity contribution in [3.8, 4) is 0 Å². The first-order valence-electron chi connectivity index (χ1n) is 5.48. The van der Waals surface area contributed by atoms with E-state index in [0.29, 0.717) is 6.54 Å². The van der Waals surface area contributed by atoms with E-state index in [2.05, 4.69) is 41.4 Å². The number of aromatic nitrogens is 3. The highest BCUT2D eigenvalue weighted by Gasteiger charge is 2.08. The van der Waals surface area contributed by atoms with Gasteiger partial charge in [-0.2, -0.15) is 0 Å². The molecule has 1 heterocycles. The van der Waals surface area contributed by atoms with E-state index in [1.54, 1.807) is 11.8 Å². The fourth-order valence-corrected chi connectivity index (χ4v) is 2.57. The fraction of sp³-hybridized carbons (Fsp3) is 0.333. The molecule has 0 atom stereocenters. The fourth-order valence-electron chi connectivity index (χ4n) is 1.56. The molecular weight excluding hydrogens is 232 g/mol. The summed E-state index contributed by atoms with van der Waals surface area (Å²) < 4.78 is 1.95. The van der Waals surface area contributed by atoms with Gasteiger partial charge in [-0.05, 0) is 18.1 Å². The molecule has 1 aromatic carbocycles. The number of benzene rings is 1. The quantitative estimate of drug-likeness (QED) is 0.839. The van der Waals surface area contributed by atoms with Crippen LogP contribution in [0.2, 0.25) is 0 Å². The van der Waals surface area contributed by atoms with Crippen molar-refractivity contribution in [3.63, 3.8) is 0 Å². The zero-order valence-electron chi connectivity index (χ0n) is 10.1. The standard InChI is InChI=1S/C12H16N4S/c1-9-5-3-4-6-10(9)8-17-12-15-14-11(7-13)16(12)2/h3-6H,7-8,13H2,1-2H3. The van der Waals surface area contributed by atoms with Crippen LogP contribution in [0.15, 0.2) is 29.4 Å². The van der Waals surface area contributed by atoms with Gasteiger partial charge in [0.2, 0.25) is 0 Å². The molecule has 0 amide bonds. The Kier molecular flexibility index (Phi) is 3.81. The summed E-state index contributed by atoms with van der Waals surface area (Å²) in [6, 6.07) is 8.38. The number of hydrogen-bond acceptors (Lipinski definition) is 4. The van der Waals surface area contributed by atoms with Crippen LogP contribution in [0.4, 0.5) is 0 Å². The van der Waals surface area contributed by atoms with Crippen molar-refractivity contribution in [2.45, 2.75) is 24.4 Å². The summed E-state index contributed by atoms with van der Waals surface area (Å²) >= 11 is 1.68. The van der Waals surface area contributed by atoms with Crippen LogP contribution >= 0.6 is 11.8 Å².